The molecule has 1 aromatic heterocycles. The van der Waals surface area contributed by atoms with E-state index in [9.17, 15) is 0 Å². The van der Waals surface area contributed by atoms with Gasteiger partial charge < -0.3 is 14.9 Å². The standard InChI is InChI=1S/C18H20N2O2/c1-18(21-10-11-22-18)13-16(19)17-9-5-8-15(20-17)12-14-6-3-2-4-7-14/h2-9,19H,10-13H2,1H3. The molecule has 1 aliphatic heterocycles. The molecule has 0 spiro atoms. The molecule has 2 aromatic rings. The molecule has 3 rings (SSSR count). The average Bonchev–Trinajstić information content (AvgIpc) is 2.95. The Labute approximate surface area is 130 Å². The van der Waals surface area contributed by atoms with E-state index in [1.165, 1.54) is 5.56 Å². The Morgan fingerprint density at radius 2 is 1.82 bits per heavy atom. The number of ether oxygens (including phenoxy) is 2. The van der Waals surface area contributed by atoms with Gasteiger partial charge in [-0.3, -0.25) is 4.98 Å². The molecule has 0 bridgehead atoms. The van der Waals surface area contributed by atoms with Gasteiger partial charge in [-0.1, -0.05) is 36.4 Å². The summed E-state index contributed by atoms with van der Waals surface area (Å²) in [6, 6.07) is 16.0. The predicted molar refractivity (Wildman–Crippen MR) is 85.2 cm³/mol. The zero-order valence-electron chi connectivity index (χ0n) is 12.7. The van der Waals surface area contributed by atoms with Gasteiger partial charge in [0.1, 0.15) is 0 Å². The highest BCUT2D eigenvalue weighted by Crippen LogP contribution is 2.24. The molecule has 0 saturated carbocycles. The lowest BCUT2D eigenvalue weighted by molar-refractivity contribution is -0.135. The van der Waals surface area contributed by atoms with Gasteiger partial charge in [-0.05, 0) is 24.6 Å². The van der Waals surface area contributed by atoms with Crippen LogP contribution < -0.4 is 0 Å². The second-order valence-corrected chi connectivity index (χ2v) is 5.66. The molecule has 0 amide bonds. The number of benzene rings is 1. The minimum absolute atomic E-state index is 0.411. The summed E-state index contributed by atoms with van der Waals surface area (Å²) in [6.45, 7) is 3.05. The van der Waals surface area contributed by atoms with E-state index in [1.54, 1.807) is 0 Å². The number of hydrogen-bond donors (Lipinski definition) is 1. The molecule has 2 heterocycles. The van der Waals surface area contributed by atoms with Crippen molar-refractivity contribution < 1.29 is 9.47 Å². The van der Waals surface area contributed by atoms with Crippen LogP contribution in [0.5, 0.6) is 0 Å². The van der Waals surface area contributed by atoms with Gasteiger partial charge in [0.25, 0.3) is 0 Å². The molecule has 1 fully saturated rings. The third-order valence-corrected chi connectivity index (χ3v) is 3.74. The van der Waals surface area contributed by atoms with Crippen molar-refractivity contribution in [3.05, 3.63) is 65.5 Å². The van der Waals surface area contributed by atoms with Gasteiger partial charge in [0.05, 0.1) is 24.6 Å². The van der Waals surface area contributed by atoms with Crippen LogP contribution in [0.15, 0.2) is 48.5 Å². The minimum Gasteiger partial charge on any atom is -0.347 e. The first-order valence-corrected chi connectivity index (χ1v) is 7.50. The second-order valence-electron chi connectivity index (χ2n) is 5.66. The van der Waals surface area contributed by atoms with E-state index in [-0.39, 0.29) is 0 Å². The zero-order valence-corrected chi connectivity index (χ0v) is 12.7. The zero-order chi connectivity index (χ0) is 15.4. The van der Waals surface area contributed by atoms with E-state index in [0.29, 0.717) is 31.0 Å². The van der Waals surface area contributed by atoms with Crippen LogP contribution in [0.1, 0.15) is 30.3 Å². The summed E-state index contributed by atoms with van der Waals surface area (Å²) in [7, 11) is 0. The van der Waals surface area contributed by atoms with Gasteiger partial charge in [-0.2, -0.15) is 0 Å². The molecule has 0 atom stereocenters. The van der Waals surface area contributed by atoms with Gasteiger partial charge in [0.2, 0.25) is 0 Å². The molecular formula is C18H20N2O2. The highest BCUT2D eigenvalue weighted by Gasteiger charge is 2.32. The van der Waals surface area contributed by atoms with Gasteiger partial charge >= 0.3 is 0 Å². The first-order chi connectivity index (χ1) is 10.6. The molecule has 0 unspecified atom stereocenters. The van der Waals surface area contributed by atoms with Gasteiger partial charge in [0.15, 0.2) is 5.79 Å². The van der Waals surface area contributed by atoms with E-state index in [2.05, 4.69) is 17.1 Å². The van der Waals surface area contributed by atoms with E-state index >= 15 is 0 Å². The number of nitrogens with one attached hydrogen (secondary N) is 1. The number of rotatable bonds is 5. The number of hydrogen-bond acceptors (Lipinski definition) is 4. The third kappa shape index (κ3) is 3.59. The normalized spacial score (nSPS) is 16.6. The predicted octanol–water partition coefficient (Wildman–Crippen LogP) is 3.19. The van der Waals surface area contributed by atoms with Crippen molar-refractivity contribution in [1.29, 1.82) is 5.41 Å². The van der Waals surface area contributed by atoms with Crippen molar-refractivity contribution in [2.24, 2.45) is 0 Å². The van der Waals surface area contributed by atoms with E-state index in [1.807, 2.05) is 43.3 Å². The molecule has 1 N–H and O–H groups in total. The lowest BCUT2D eigenvalue weighted by Gasteiger charge is -2.22. The van der Waals surface area contributed by atoms with Crippen LogP contribution in [-0.2, 0) is 15.9 Å². The highest BCUT2D eigenvalue weighted by molar-refractivity contribution is 5.96. The summed E-state index contributed by atoms with van der Waals surface area (Å²) in [5.41, 5.74) is 3.31. The lowest BCUT2D eigenvalue weighted by atomic mass is 10.1. The maximum Gasteiger partial charge on any atom is 0.171 e. The second kappa shape index (κ2) is 6.38. The molecule has 114 valence electrons. The third-order valence-electron chi connectivity index (χ3n) is 3.74. The Morgan fingerprint density at radius 1 is 1.09 bits per heavy atom. The fourth-order valence-corrected chi connectivity index (χ4v) is 2.62. The van der Waals surface area contributed by atoms with E-state index < -0.39 is 5.79 Å². The van der Waals surface area contributed by atoms with Crippen molar-refractivity contribution >= 4 is 5.71 Å². The number of nitrogens with zero attached hydrogens (tertiary/aromatic N) is 1. The van der Waals surface area contributed by atoms with Crippen molar-refractivity contribution in [2.75, 3.05) is 13.2 Å². The quantitative estimate of drug-likeness (QED) is 0.862. The van der Waals surface area contributed by atoms with E-state index in [0.717, 1.165) is 12.1 Å². The van der Waals surface area contributed by atoms with Crippen LogP contribution in [0.2, 0.25) is 0 Å². The minimum atomic E-state index is -0.686. The Kier molecular flexibility index (Phi) is 4.32. The monoisotopic (exact) mass is 296 g/mol. The molecular weight excluding hydrogens is 276 g/mol. The molecule has 1 aromatic carbocycles. The smallest absolute Gasteiger partial charge is 0.171 e. The fourth-order valence-electron chi connectivity index (χ4n) is 2.62. The van der Waals surface area contributed by atoms with Crippen LogP contribution in [0.3, 0.4) is 0 Å². The maximum atomic E-state index is 8.27. The van der Waals surface area contributed by atoms with Crippen molar-refractivity contribution in [3.63, 3.8) is 0 Å². The van der Waals surface area contributed by atoms with Gasteiger partial charge in [-0.15, -0.1) is 0 Å². The van der Waals surface area contributed by atoms with Gasteiger partial charge in [0, 0.05) is 18.5 Å². The number of pyridine rings is 1. The highest BCUT2D eigenvalue weighted by atomic mass is 16.7. The Balaban J connectivity index is 1.72. The van der Waals surface area contributed by atoms with Crippen molar-refractivity contribution in [3.8, 4) is 0 Å². The fraction of sp³-hybridized carbons (Fsp3) is 0.333. The summed E-state index contributed by atoms with van der Waals surface area (Å²) in [6.07, 6.45) is 1.18. The Hall–Kier alpha value is -2.04. The number of aromatic nitrogens is 1. The summed E-state index contributed by atoms with van der Waals surface area (Å²) >= 11 is 0. The van der Waals surface area contributed by atoms with Crippen molar-refractivity contribution in [2.45, 2.75) is 25.6 Å². The van der Waals surface area contributed by atoms with Crippen LogP contribution in [0, 0.1) is 5.41 Å². The summed E-state index contributed by atoms with van der Waals surface area (Å²) in [5, 5.41) is 8.27. The summed E-state index contributed by atoms with van der Waals surface area (Å²) < 4.78 is 11.1. The van der Waals surface area contributed by atoms with Crippen molar-refractivity contribution in [1.82, 2.24) is 4.98 Å². The molecule has 4 heteroatoms. The largest absolute Gasteiger partial charge is 0.347 e. The Bertz CT molecular complexity index is 649. The molecule has 1 saturated heterocycles. The summed E-state index contributed by atoms with van der Waals surface area (Å²) in [5.74, 6) is -0.686. The maximum absolute atomic E-state index is 8.27. The van der Waals surface area contributed by atoms with Crippen LogP contribution >= 0.6 is 0 Å². The van der Waals surface area contributed by atoms with Crippen LogP contribution in [0.25, 0.3) is 0 Å². The molecule has 4 nitrogen and oxygen atoms in total. The molecule has 0 aliphatic carbocycles. The Morgan fingerprint density at radius 3 is 2.55 bits per heavy atom. The first kappa shape index (κ1) is 14.9. The summed E-state index contributed by atoms with van der Waals surface area (Å²) in [4.78, 5) is 4.61. The molecule has 22 heavy (non-hydrogen) atoms. The van der Waals surface area contributed by atoms with Crippen LogP contribution in [-0.4, -0.2) is 29.7 Å². The van der Waals surface area contributed by atoms with Crippen LogP contribution in [0.4, 0.5) is 0 Å². The topological polar surface area (TPSA) is 55.2 Å². The van der Waals surface area contributed by atoms with E-state index in [4.69, 9.17) is 14.9 Å². The first-order valence-electron chi connectivity index (χ1n) is 7.50. The molecule has 0 radical (unpaired) electrons. The molecule has 1 aliphatic rings. The lowest BCUT2D eigenvalue weighted by Crippen LogP contribution is -2.29. The average molecular weight is 296 g/mol. The van der Waals surface area contributed by atoms with Gasteiger partial charge in [-0.25, -0.2) is 0 Å². The SMILES string of the molecule is CC1(CC(=N)c2cccc(Cc3ccccc3)n2)OCCO1.